The van der Waals surface area contributed by atoms with Crippen molar-refractivity contribution in [2.45, 2.75) is 44.3 Å². The van der Waals surface area contributed by atoms with Crippen LogP contribution in [0.2, 0.25) is 0 Å². The van der Waals surface area contributed by atoms with Crippen molar-refractivity contribution in [2.24, 2.45) is 0 Å². The second-order valence-corrected chi connectivity index (χ2v) is 6.65. The van der Waals surface area contributed by atoms with Crippen molar-refractivity contribution in [1.82, 2.24) is 10.2 Å². The lowest BCUT2D eigenvalue weighted by molar-refractivity contribution is -0.143. The van der Waals surface area contributed by atoms with E-state index in [9.17, 15) is 23.1 Å². The zero-order chi connectivity index (χ0) is 17.3. The number of rotatable bonds is 3. The Balaban J connectivity index is 1.63. The van der Waals surface area contributed by atoms with Crippen LogP contribution in [0.15, 0.2) is 12.1 Å². The quantitative estimate of drug-likeness (QED) is 0.888. The fourth-order valence-corrected chi connectivity index (χ4v) is 3.57. The summed E-state index contributed by atoms with van der Waals surface area (Å²) in [5.41, 5.74) is 2.37. The maximum atomic E-state index is 12.4. The third-order valence-corrected chi connectivity index (χ3v) is 4.72. The van der Waals surface area contributed by atoms with Gasteiger partial charge in [0.05, 0.1) is 12.1 Å². The van der Waals surface area contributed by atoms with E-state index in [4.69, 9.17) is 0 Å². The van der Waals surface area contributed by atoms with Gasteiger partial charge in [-0.2, -0.15) is 13.2 Å². The third-order valence-electron chi connectivity index (χ3n) is 4.72. The largest absolute Gasteiger partial charge is 0.507 e. The maximum Gasteiger partial charge on any atom is 0.401 e. The Bertz CT molecular complexity index is 631. The van der Waals surface area contributed by atoms with Crippen LogP contribution in [0.4, 0.5) is 13.2 Å². The van der Waals surface area contributed by atoms with Gasteiger partial charge in [-0.1, -0.05) is 0 Å². The smallest absolute Gasteiger partial charge is 0.401 e. The van der Waals surface area contributed by atoms with Gasteiger partial charge in [0, 0.05) is 19.1 Å². The fraction of sp³-hybridized carbons (Fsp3) is 0.588. The minimum absolute atomic E-state index is 0.0571. The molecule has 132 valence electrons. The first-order valence-electron chi connectivity index (χ1n) is 8.26. The van der Waals surface area contributed by atoms with Crippen molar-refractivity contribution in [1.29, 1.82) is 0 Å². The van der Waals surface area contributed by atoms with Crippen molar-refractivity contribution in [3.63, 3.8) is 0 Å². The van der Waals surface area contributed by atoms with Crippen molar-refractivity contribution in [3.05, 3.63) is 28.8 Å². The number of hydrogen-bond donors (Lipinski definition) is 2. The number of aromatic hydroxyl groups is 1. The topological polar surface area (TPSA) is 52.6 Å². The maximum absolute atomic E-state index is 12.4. The number of amides is 1. The number of nitrogens with one attached hydrogen (secondary N) is 1. The zero-order valence-corrected chi connectivity index (χ0v) is 13.3. The molecule has 1 saturated heterocycles. The van der Waals surface area contributed by atoms with Gasteiger partial charge in [-0.3, -0.25) is 9.69 Å². The van der Waals surface area contributed by atoms with E-state index in [-0.39, 0.29) is 23.9 Å². The van der Waals surface area contributed by atoms with E-state index in [2.05, 4.69) is 5.32 Å². The second kappa shape index (κ2) is 6.63. The SMILES string of the molecule is O=C(N[C@H]1CCN(CC(F)(F)F)C1)c1cc2c(cc1O)CCCC2. The zero-order valence-electron chi connectivity index (χ0n) is 13.3. The molecule has 1 aromatic carbocycles. The summed E-state index contributed by atoms with van der Waals surface area (Å²) >= 11 is 0. The van der Waals surface area contributed by atoms with Gasteiger partial charge in [0.1, 0.15) is 5.75 Å². The number of fused-ring (bicyclic) bond motifs is 1. The van der Waals surface area contributed by atoms with Crippen molar-refractivity contribution in [2.75, 3.05) is 19.6 Å². The molecule has 0 radical (unpaired) electrons. The number of alkyl halides is 3. The van der Waals surface area contributed by atoms with E-state index in [0.717, 1.165) is 36.8 Å². The minimum Gasteiger partial charge on any atom is -0.507 e. The molecule has 0 spiro atoms. The number of nitrogens with zero attached hydrogens (tertiary/aromatic N) is 1. The average molecular weight is 342 g/mol. The van der Waals surface area contributed by atoms with Crippen molar-refractivity contribution < 1.29 is 23.1 Å². The van der Waals surface area contributed by atoms with Crippen molar-refractivity contribution >= 4 is 5.91 Å². The van der Waals surface area contributed by atoms with E-state index < -0.39 is 18.6 Å². The summed E-state index contributed by atoms with van der Waals surface area (Å²) in [6, 6.07) is 3.05. The summed E-state index contributed by atoms with van der Waals surface area (Å²) in [7, 11) is 0. The van der Waals surface area contributed by atoms with E-state index in [1.165, 1.54) is 4.90 Å². The minimum atomic E-state index is -4.23. The summed E-state index contributed by atoms with van der Waals surface area (Å²) in [4.78, 5) is 13.7. The van der Waals surface area contributed by atoms with Crippen LogP contribution in [0.3, 0.4) is 0 Å². The summed E-state index contributed by atoms with van der Waals surface area (Å²) in [5, 5.41) is 12.8. The molecule has 0 unspecified atom stereocenters. The van der Waals surface area contributed by atoms with Crippen LogP contribution in [0, 0.1) is 0 Å². The average Bonchev–Trinajstić information content (AvgIpc) is 2.91. The molecule has 1 amide bonds. The molecule has 1 aliphatic heterocycles. The standard InChI is InChI=1S/C17H21F3N2O2/c18-17(19,20)10-22-6-5-13(9-22)21-16(24)14-7-11-3-1-2-4-12(11)8-15(14)23/h7-8,13,23H,1-6,9-10H2,(H,21,24)/t13-/m0/s1. The molecule has 0 aromatic heterocycles. The normalized spacial score (nSPS) is 21.5. The monoisotopic (exact) mass is 342 g/mol. The first-order valence-corrected chi connectivity index (χ1v) is 8.26. The molecule has 4 nitrogen and oxygen atoms in total. The molecule has 1 atom stereocenters. The summed E-state index contributed by atoms with van der Waals surface area (Å²) in [6.45, 7) is -0.471. The number of hydrogen-bond acceptors (Lipinski definition) is 3. The van der Waals surface area contributed by atoms with Crippen LogP contribution in [-0.2, 0) is 12.8 Å². The Morgan fingerprint density at radius 2 is 1.92 bits per heavy atom. The van der Waals surface area contributed by atoms with Crippen LogP contribution < -0.4 is 5.32 Å². The highest BCUT2D eigenvalue weighted by Gasteiger charge is 2.35. The lowest BCUT2D eigenvalue weighted by Crippen LogP contribution is -2.39. The van der Waals surface area contributed by atoms with E-state index in [1.807, 2.05) is 0 Å². The molecule has 24 heavy (non-hydrogen) atoms. The highest BCUT2D eigenvalue weighted by atomic mass is 19.4. The Kier molecular flexibility index (Phi) is 4.71. The lowest BCUT2D eigenvalue weighted by Gasteiger charge is -2.20. The van der Waals surface area contributed by atoms with Gasteiger partial charge in [0.25, 0.3) is 5.91 Å². The second-order valence-electron chi connectivity index (χ2n) is 6.65. The number of halogens is 3. The molecule has 1 heterocycles. The molecule has 3 rings (SSSR count). The van der Waals surface area contributed by atoms with Gasteiger partial charge in [-0.25, -0.2) is 0 Å². The lowest BCUT2D eigenvalue weighted by atomic mass is 9.90. The van der Waals surface area contributed by atoms with E-state index >= 15 is 0 Å². The Labute approximate surface area is 138 Å². The van der Waals surface area contributed by atoms with Crippen molar-refractivity contribution in [3.8, 4) is 5.75 Å². The molecule has 2 aliphatic rings. The number of phenols is 1. The predicted molar refractivity (Wildman–Crippen MR) is 83.1 cm³/mol. The first kappa shape index (κ1) is 17.1. The van der Waals surface area contributed by atoms with Gasteiger partial charge < -0.3 is 10.4 Å². The molecule has 2 N–H and O–H groups in total. The summed E-state index contributed by atoms with van der Waals surface area (Å²) in [5.74, 6) is -0.474. The highest BCUT2D eigenvalue weighted by Crippen LogP contribution is 2.29. The molecule has 1 aromatic rings. The van der Waals surface area contributed by atoms with E-state index in [0.29, 0.717) is 13.0 Å². The Hall–Kier alpha value is -1.76. The fourth-order valence-electron chi connectivity index (χ4n) is 3.57. The third kappa shape index (κ3) is 4.01. The van der Waals surface area contributed by atoms with Crippen LogP contribution in [0.25, 0.3) is 0 Å². The van der Waals surface area contributed by atoms with Crippen LogP contribution in [0.1, 0.15) is 40.7 Å². The number of likely N-dealkylation sites (tertiary alicyclic amines) is 1. The number of aryl methyl sites for hydroxylation is 2. The van der Waals surface area contributed by atoms with E-state index in [1.54, 1.807) is 12.1 Å². The van der Waals surface area contributed by atoms with Gasteiger partial charge in [-0.15, -0.1) is 0 Å². The highest BCUT2D eigenvalue weighted by molar-refractivity contribution is 5.97. The van der Waals surface area contributed by atoms with Crippen LogP contribution >= 0.6 is 0 Å². The number of carbonyl (C=O) groups is 1. The number of carbonyl (C=O) groups excluding carboxylic acids is 1. The number of benzene rings is 1. The van der Waals surface area contributed by atoms with Crippen LogP contribution in [0.5, 0.6) is 5.75 Å². The molecule has 0 saturated carbocycles. The van der Waals surface area contributed by atoms with Gasteiger partial charge in [-0.05, 0) is 55.4 Å². The van der Waals surface area contributed by atoms with Gasteiger partial charge in [0.2, 0.25) is 0 Å². The summed E-state index contributed by atoms with van der Waals surface area (Å²) in [6.07, 6.45) is 0.185. The summed E-state index contributed by atoms with van der Waals surface area (Å²) < 4.78 is 37.2. The van der Waals surface area contributed by atoms with Crippen LogP contribution in [-0.4, -0.2) is 47.8 Å². The Morgan fingerprint density at radius 3 is 2.58 bits per heavy atom. The Morgan fingerprint density at radius 1 is 1.25 bits per heavy atom. The first-order chi connectivity index (χ1) is 11.3. The molecular weight excluding hydrogens is 321 g/mol. The van der Waals surface area contributed by atoms with Gasteiger partial charge >= 0.3 is 6.18 Å². The molecule has 1 fully saturated rings. The molecular formula is C17H21F3N2O2. The molecule has 7 heteroatoms. The molecule has 0 bridgehead atoms. The predicted octanol–water partition coefficient (Wildman–Crippen LogP) is 2.64. The molecule has 1 aliphatic carbocycles. The number of phenolic OH excluding ortho intramolecular Hbond substituents is 1. The van der Waals surface area contributed by atoms with Gasteiger partial charge in [0.15, 0.2) is 0 Å².